The molecule has 1 unspecified atom stereocenters. The number of nitrogens with two attached hydrogens (primary N) is 1. The molecular formula is C15H14F2N2O. The van der Waals surface area contributed by atoms with E-state index in [0.29, 0.717) is 5.69 Å². The van der Waals surface area contributed by atoms with Crippen molar-refractivity contribution in [1.29, 1.82) is 0 Å². The standard InChI is InChI=1S/C15H14F2N2O/c1-9(10-5-7-11(18)8-6-10)19-15(20)14-12(16)3-2-4-13(14)17/h2-9H,18H2,1H3,(H,19,20). The van der Waals surface area contributed by atoms with Crippen LogP contribution in [-0.2, 0) is 0 Å². The highest BCUT2D eigenvalue weighted by atomic mass is 19.1. The molecule has 1 atom stereocenters. The lowest BCUT2D eigenvalue weighted by Crippen LogP contribution is -2.28. The first-order valence-electron chi connectivity index (χ1n) is 6.09. The van der Waals surface area contributed by atoms with E-state index in [1.807, 2.05) is 0 Å². The van der Waals surface area contributed by atoms with Gasteiger partial charge in [-0.3, -0.25) is 4.79 Å². The summed E-state index contributed by atoms with van der Waals surface area (Å²) in [6.45, 7) is 1.72. The Hall–Kier alpha value is -2.43. The zero-order valence-electron chi connectivity index (χ0n) is 10.9. The molecule has 0 fully saturated rings. The first kappa shape index (κ1) is 14.0. The van der Waals surface area contributed by atoms with E-state index < -0.39 is 23.1 Å². The Bertz CT molecular complexity index is 606. The van der Waals surface area contributed by atoms with Gasteiger partial charge in [0.25, 0.3) is 5.91 Å². The van der Waals surface area contributed by atoms with Gasteiger partial charge in [0.2, 0.25) is 0 Å². The van der Waals surface area contributed by atoms with Crippen LogP contribution < -0.4 is 11.1 Å². The SMILES string of the molecule is CC(NC(=O)c1c(F)cccc1F)c1ccc(N)cc1. The van der Waals surface area contributed by atoms with Crippen LogP contribution in [-0.4, -0.2) is 5.91 Å². The van der Waals surface area contributed by atoms with Crippen molar-refractivity contribution in [1.82, 2.24) is 5.32 Å². The molecule has 5 heteroatoms. The predicted octanol–water partition coefficient (Wildman–Crippen LogP) is 3.04. The first-order chi connectivity index (χ1) is 9.49. The second kappa shape index (κ2) is 5.69. The molecule has 1 amide bonds. The van der Waals surface area contributed by atoms with Crippen molar-refractivity contribution in [2.75, 3.05) is 5.73 Å². The molecule has 2 aromatic rings. The molecule has 20 heavy (non-hydrogen) atoms. The van der Waals surface area contributed by atoms with Crippen molar-refractivity contribution >= 4 is 11.6 Å². The van der Waals surface area contributed by atoms with Gasteiger partial charge in [0, 0.05) is 5.69 Å². The van der Waals surface area contributed by atoms with E-state index >= 15 is 0 Å². The van der Waals surface area contributed by atoms with Crippen molar-refractivity contribution in [2.24, 2.45) is 0 Å². The Morgan fingerprint density at radius 1 is 1.10 bits per heavy atom. The molecule has 0 saturated heterocycles. The molecule has 0 aromatic heterocycles. The van der Waals surface area contributed by atoms with Crippen molar-refractivity contribution in [3.05, 3.63) is 65.2 Å². The Balaban J connectivity index is 2.17. The number of hydrogen-bond donors (Lipinski definition) is 2. The summed E-state index contributed by atoms with van der Waals surface area (Å²) in [4.78, 5) is 11.9. The van der Waals surface area contributed by atoms with Crippen LogP contribution in [0.3, 0.4) is 0 Å². The Kier molecular flexibility index (Phi) is 3.98. The Labute approximate surface area is 115 Å². The monoisotopic (exact) mass is 276 g/mol. The van der Waals surface area contributed by atoms with Crippen molar-refractivity contribution in [3.8, 4) is 0 Å². The third kappa shape index (κ3) is 2.93. The lowest BCUT2D eigenvalue weighted by atomic mass is 10.1. The Morgan fingerprint density at radius 3 is 2.20 bits per heavy atom. The molecule has 0 aliphatic heterocycles. The molecule has 2 aromatic carbocycles. The van der Waals surface area contributed by atoms with Gasteiger partial charge >= 0.3 is 0 Å². The largest absolute Gasteiger partial charge is 0.399 e. The van der Waals surface area contributed by atoms with Gasteiger partial charge in [0.05, 0.1) is 6.04 Å². The van der Waals surface area contributed by atoms with Crippen LogP contribution in [0.1, 0.15) is 28.9 Å². The summed E-state index contributed by atoms with van der Waals surface area (Å²) in [5.41, 5.74) is 6.40. The van der Waals surface area contributed by atoms with E-state index in [0.717, 1.165) is 17.7 Å². The predicted molar refractivity (Wildman–Crippen MR) is 73.1 cm³/mol. The Morgan fingerprint density at radius 2 is 1.65 bits per heavy atom. The van der Waals surface area contributed by atoms with E-state index in [4.69, 9.17) is 5.73 Å². The zero-order chi connectivity index (χ0) is 14.7. The normalized spacial score (nSPS) is 11.9. The average molecular weight is 276 g/mol. The van der Waals surface area contributed by atoms with E-state index in [2.05, 4.69) is 5.32 Å². The third-order valence-electron chi connectivity index (χ3n) is 2.97. The molecule has 0 saturated carbocycles. The molecule has 3 nitrogen and oxygen atoms in total. The molecule has 0 bridgehead atoms. The number of nitrogens with one attached hydrogen (secondary N) is 1. The van der Waals surface area contributed by atoms with Gasteiger partial charge in [-0.25, -0.2) is 8.78 Å². The molecule has 0 spiro atoms. The first-order valence-corrected chi connectivity index (χ1v) is 6.09. The van der Waals surface area contributed by atoms with E-state index in [-0.39, 0.29) is 6.04 Å². The van der Waals surface area contributed by atoms with Gasteiger partial charge in [-0.15, -0.1) is 0 Å². The topological polar surface area (TPSA) is 55.1 Å². The van der Waals surface area contributed by atoms with Gasteiger partial charge in [-0.2, -0.15) is 0 Å². The molecule has 104 valence electrons. The number of nitrogen functional groups attached to an aromatic ring is 1. The number of carbonyl (C=O) groups is 1. The highest BCUT2D eigenvalue weighted by Gasteiger charge is 2.19. The maximum atomic E-state index is 13.5. The van der Waals surface area contributed by atoms with E-state index in [1.54, 1.807) is 31.2 Å². The number of anilines is 1. The fourth-order valence-corrected chi connectivity index (χ4v) is 1.85. The van der Waals surface area contributed by atoms with Crippen LogP contribution >= 0.6 is 0 Å². The summed E-state index contributed by atoms with van der Waals surface area (Å²) >= 11 is 0. The van der Waals surface area contributed by atoms with Crippen LogP contribution in [0.4, 0.5) is 14.5 Å². The second-order valence-corrected chi connectivity index (χ2v) is 4.46. The molecule has 0 radical (unpaired) electrons. The highest BCUT2D eigenvalue weighted by molar-refractivity contribution is 5.95. The lowest BCUT2D eigenvalue weighted by molar-refractivity contribution is 0.0931. The molecule has 2 rings (SSSR count). The van der Waals surface area contributed by atoms with E-state index in [9.17, 15) is 13.6 Å². The van der Waals surface area contributed by atoms with Crippen LogP contribution in [0.25, 0.3) is 0 Å². The number of rotatable bonds is 3. The van der Waals surface area contributed by atoms with Gasteiger partial charge in [0.1, 0.15) is 17.2 Å². The van der Waals surface area contributed by atoms with Crippen LogP contribution in [0.15, 0.2) is 42.5 Å². The number of amides is 1. The van der Waals surface area contributed by atoms with Crippen molar-refractivity contribution < 1.29 is 13.6 Å². The minimum Gasteiger partial charge on any atom is -0.399 e. The maximum Gasteiger partial charge on any atom is 0.257 e. The molecule has 3 N–H and O–H groups in total. The van der Waals surface area contributed by atoms with Crippen molar-refractivity contribution in [2.45, 2.75) is 13.0 Å². The van der Waals surface area contributed by atoms with Gasteiger partial charge in [-0.1, -0.05) is 18.2 Å². The van der Waals surface area contributed by atoms with Gasteiger partial charge < -0.3 is 11.1 Å². The summed E-state index contributed by atoms with van der Waals surface area (Å²) in [6.07, 6.45) is 0. The van der Waals surface area contributed by atoms with Crippen LogP contribution in [0.5, 0.6) is 0 Å². The average Bonchev–Trinajstić information content (AvgIpc) is 2.39. The maximum absolute atomic E-state index is 13.5. The molecule has 0 heterocycles. The molecular weight excluding hydrogens is 262 g/mol. The minimum atomic E-state index is -0.882. The number of carbonyl (C=O) groups excluding carboxylic acids is 1. The summed E-state index contributed by atoms with van der Waals surface area (Å²) in [6, 6.07) is 9.81. The molecule has 0 aliphatic rings. The summed E-state index contributed by atoms with van der Waals surface area (Å²) in [7, 11) is 0. The fourth-order valence-electron chi connectivity index (χ4n) is 1.85. The third-order valence-corrected chi connectivity index (χ3v) is 2.97. The van der Waals surface area contributed by atoms with Crippen molar-refractivity contribution in [3.63, 3.8) is 0 Å². The molecule has 0 aliphatic carbocycles. The van der Waals surface area contributed by atoms with E-state index in [1.165, 1.54) is 6.07 Å². The summed E-state index contributed by atoms with van der Waals surface area (Å²) in [5.74, 6) is -2.55. The van der Waals surface area contributed by atoms with Crippen LogP contribution in [0.2, 0.25) is 0 Å². The number of benzene rings is 2. The van der Waals surface area contributed by atoms with Gasteiger partial charge in [-0.05, 0) is 36.8 Å². The number of hydrogen-bond acceptors (Lipinski definition) is 2. The summed E-state index contributed by atoms with van der Waals surface area (Å²) < 4.78 is 27.0. The van der Waals surface area contributed by atoms with Crippen LogP contribution in [0, 0.1) is 11.6 Å². The van der Waals surface area contributed by atoms with Gasteiger partial charge in [0.15, 0.2) is 0 Å². The minimum absolute atomic E-state index is 0.387. The summed E-state index contributed by atoms with van der Waals surface area (Å²) in [5, 5.41) is 2.55. The number of halogens is 2. The lowest BCUT2D eigenvalue weighted by Gasteiger charge is -2.15. The smallest absolute Gasteiger partial charge is 0.257 e. The second-order valence-electron chi connectivity index (χ2n) is 4.46. The highest BCUT2D eigenvalue weighted by Crippen LogP contribution is 2.17. The zero-order valence-corrected chi connectivity index (χ0v) is 10.9. The fraction of sp³-hybridized carbons (Fsp3) is 0.133. The quantitative estimate of drug-likeness (QED) is 0.847.